The third-order valence-corrected chi connectivity index (χ3v) is 4.70. The first-order valence-corrected chi connectivity index (χ1v) is 9.65. The molecule has 1 aromatic carbocycles. The van der Waals surface area contributed by atoms with Crippen LogP contribution in [0.25, 0.3) is 0 Å². The summed E-state index contributed by atoms with van der Waals surface area (Å²) in [4.78, 5) is -1.18. The smallest absolute Gasteiger partial charge is 0.205 e. The first-order chi connectivity index (χ1) is 13.6. The molecule has 1 saturated heterocycles. The summed E-state index contributed by atoms with van der Waals surface area (Å²) in [7, 11) is 0. The topological polar surface area (TPSA) is 69.2 Å². The van der Waals surface area contributed by atoms with Gasteiger partial charge in [0, 0.05) is 13.2 Å². The van der Waals surface area contributed by atoms with Gasteiger partial charge >= 0.3 is 0 Å². The summed E-state index contributed by atoms with van der Waals surface area (Å²) in [5.74, 6) is -8.05. The zero-order chi connectivity index (χ0) is 20.4. The molecule has 0 bridgehead atoms. The van der Waals surface area contributed by atoms with Crippen molar-refractivity contribution in [2.75, 3.05) is 19.8 Å². The molecule has 0 aromatic heterocycles. The van der Waals surface area contributed by atoms with Crippen molar-refractivity contribution in [1.82, 2.24) is 0 Å². The molecule has 1 fully saturated rings. The van der Waals surface area contributed by atoms with E-state index in [1.165, 1.54) is 0 Å². The van der Waals surface area contributed by atoms with E-state index in [1.54, 1.807) is 0 Å². The maximum absolute atomic E-state index is 13.9. The third kappa shape index (κ3) is 6.75. The number of rotatable bonds is 12. The van der Waals surface area contributed by atoms with Gasteiger partial charge in [0.05, 0.1) is 18.6 Å². The van der Waals surface area contributed by atoms with E-state index >= 15 is 0 Å². The molecule has 0 amide bonds. The number of ether oxygens (including phenoxy) is 3. The van der Waals surface area contributed by atoms with E-state index < -0.39 is 33.9 Å². The number of benzene rings is 1. The van der Waals surface area contributed by atoms with Crippen LogP contribution >= 0.6 is 12.0 Å². The highest BCUT2D eigenvalue weighted by Crippen LogP contribution is 2.35. The molecule has 0 radical (unpaired) electrons. The van der Waals surface area contributed by atoms with Crippen molar-refractivity contribution in [2.24, 2.45) is 0 Å². The van der Waals surface area contributed by atoms with Crippen LogP contribution in [0.1, 0.15) is 44.9 Å². The van der Waals surface area contributed by atoms with Gasteiger partial charge < -0.3 is 19.5 Å². The van der Waals surface area contributed by atoms with E-state index in [2.05, 4.69) is 9.37 Å². The Labute approximate surface area is 164 Å². The van der Waals surface area contributed by atoms with Crippen LogP contribution in [-0.2, 0) is 18.8 Å². The molecule has 160 valence electrons. The molecule has 1 unspecified atom stereocenters. The third-order valence-electron chi connectivity index (χ3n) is 4.05. The van der Waals surface area contributed by atoms with Crippen LogP contribution in [0.4, 0.5) is 17.6 Å². The van der Waals surface area contributed by atoms with Crippen molar-refractivity contribution in [3.63, 3.8) is 0 Å². The molecular formula is C17H21F4O6S-. The van der Waals surface area contributed by atoms with Crippen LogP contribution in [0.15, 0.2) is 4.90 Å². The quantitative estimate of drug-likeness (QED) is 0.124. The Morgan fingerprint density at radius 3 is 2.21 bits per heavy atom. The van der Waals surface area contributed by atoms with Crippen molar-refractivity contribution in [3.8, 4) is 5.75 Å². The average Bonchev–Trinajstić information content (AvgIpc) is 2.71. The van der Waals surface area contributed by atoms with E-state index in [1.807, 2.05) is 0 Å². The van der Waals surface area contributed by atoms with Crippen molar-refractivity contribution < 1.29 is 46.4 Å². The summed E-state index contributed by atoms with van der Waals surface area (Å²) in [6.45, 7) is 1.15. The Balaban J connectivity index is 1.69. The van der Waals surface area contributed by atoms with Gasteiger partial charge in [-0.15, -0.1) is 0 Å². The summed E-state index contributed by atoms with van der Waals surface area (Å²) < 4.78 is 74.8. The van der Waals surface area contributed by atoms with Gasteiger partial charge in [-0.25, -0.2) is 8.78 Å². The zero-order valence-electron chi connectivity index (χ0n) is 15.0. The molecular weight excluding hydrogens is 408 g/mol. The molecule has 1 aliphatic heterocycles. The summed E-state index contributed by atoms with van der Waals surface area (Å²) in [6, 6.07) is 0. The first-order valence-electron chi connectivity index (χ1n) is 8.91. The van der Waals surface area contributed by atoms with Gasteiger partial charge in [-0.1, -0.05) is 6.42 Å². The fourth-order valence-corrected chi connectivity index (χ4v) is 3.05. The molecule has 1 aromatic rings. The molecule has 6 nitrogen and oxygen atoms in total. The Morgan fingerprint density at radius 1 is 0.929 bits per heavy atom. The van der Waals surface area contributed by atoms with Crippen LogP contribution in [0.3, 0.4) is 0 Å². The highest BCUT2D eigenvalue weighted by Gasteiger charge is 2.27. The predicted molar refractivity (Wildman–Crippen MR) is 87.8 cm³/mol. The summed E-state index contributed by atoms with van der Waals surface area (Å²) in [6.07, 6.45) is 5.61. The van der Waals surface area contributed by atoms with Crippen LogP contribution in [0.5, 0.6) is 5.75 Å². The van der Waals surface area contributed by atoms with Crippen LogP contribution in [0, 0.1) is 23.3 Å². The SMILES string of the molecule is [O-]OOSc1c(F)c(F)c(OCCCCCCOC2CCCCO2)c(F)c1F. The van der Waals surface area contributed by atoms with Crippen molar-refractivity contribution in [2.45, 2.75) is 56.1 Å². The highest BCUT2D eigenvalue weighted by molar-refractivity contribution is 7.94. The van der Waals surface area contributed by atoms with Crippen molar-refractivity contribution in [1.29, 1.82) is 0 Å². The lowest BCUT2D eigenvalue weighted by molar-refractivity contribution is -0.777. The molecule has 1 aliphatic rings. The molecule has 0 saturated carbocycles. The fraction of sp³-hybridized carbons (Fsp3) is 0.647. The van der Waals surface area contributed by atoms with Crippen molar-refractivity contribution >= 4 is 12.0 Å². The zero-order valence-corrected chi connectivity index (χ0v) is 15.8. The minimum atomic E-state index is -1.74. The normalized spacial score (nSPS) is 17.1. The minimum absolute atomic E-state index is 0.119. The fourth-order valence-electron chi connectivity index (χ4n) is 2.63. The van der Waals surface area contributed by atoms with Gasteiger partial charge in [0.2, 0.25) is 11.6 Å². The minimum Gasteiger partial charge on any atom is -0.691 e. The standard InChI is InChI=1S/C17H22F4O6S/c18-12-14(20)17(28-27-26-22)15(21)13(19)16(12)25-10-5-2-1-4-8-23-11-7-3-6-9-24-11/h11,22H,1-10H2/p-1. The van der Waals surface area contributed by atoms with E-state index in [-0.39, 0.29) is 24.9 Å². The number of halogens is 4. The molecule has 1 heterocycles. The number of unbranched alkanes of at least 4 members (excludes halogenated alkanes) is 3. The predicted octanol–water partition coefficient (Wildman–Crippen LogP) is 3.96. The monoisotopic (exact) mass is 429 g/mol. The van der Waals surface area contributed by atoms with Crippen LogP contribution < -0.4 is 9.99 Å². The largest absolute Gasteiger partial charge is 0.691 e. The second-order valence-electron chi connectivity index (χ2n) is 6.06. The molecule has 0 spiro atoms. The molecule has 1 atom stereocenters. The second kappa shape index (κ2) is 12.5. The molecule has 11 heteroatoms. The maximum atomic E-state index is 13.9. The highest BCUT2D eigenvalue weighted by atomic mass is 32.2. The van der Waals surface area contributed by atoms with Crippen molar-refractivity contribution in [3.05, 3.63) is 23.3 Å². The van der Waals surface area contributed by atoms with Gasteiger partial charge in [0.1, 0.15) is 4.90 Å². The Morgan fingerprint density at radius 2 is 1.61 bits per heavy atom. The van der Waals surface area contributed by atoms with E-state index in [9.17, 15) is 22.8 Å². The molecule has 0 aliphatic carbocycles. The number of hydrogen-bond donors (Lipinski definition) is 0. The summed E-state index contributed by atoms with van der Waals surface area (Å²) in [5.41, 5.74) is 0. The molecule has 28 heavy (non-hydrogen) atoms. The van der Waals surface area contributed by atoms with Gasteiger partial charge in [0.15, 0.2) is 23.7 Å². The van der Waals surface area contributed by atoms with Gasteiger partial charge in [-0.2, -0.15) is 13.1 Å². The lowest BCUT2D eigenvalue weighted by Crippen LogP contribution is -2.22. The first kappa shape index (κ1) is 23.2. The Kier molecular flexibility index (Phi) is 10.3. The summed E-state index contributed by atoms with van der Waals surface area (Å²) >= 11 is -0.281. The molecule has 2 rings (SSSR count). The van der Waals surface area contributed by atoms with Gasteiger partial charge in [-0.3, -0.25) is 5.04 Å². The Hall–Kier alpha value is -1.11. The lowest BCUT2D eigenvalue weighted by Gasteiger charge is -2.22. The maximum Gasteiger partial charge on any atom is 0.205 e. The second-order valence-corrected chi connectivity index (χ2v) is 6.77. The Bertz CT molecular complexity index is 587. The summed E-state index contributed by atoms with van der Waals surface area (Å²) in [5, 5.41) is 12.6. The average molecular weight is 429 g/mol. The van der Waals surface area contributed by atoms with Crippen LogP contribution in [0.2, 0.25) is 0 Å². The molecule has 0 N–H and O–H groups in total. The van der Waals surface area contributed by atoms with E-state index in [0.717, 1.165) is 38.7 Å². The van der Waals surface area contributed by atoms with Crippen LogP contribution in [-0.4, -0.2) is 26.1 Å². The van der Waals surface area contributed by atoms with Gasteiger partial charge in [-0.05, 0) is 38.5 Å². The lowest BCUT2D eigenvalue weighted by atomic mass is 10.2. The number of hydrogen-bond acceptors (Lipinski definition) is 7. The van der Waals surface area contributed by atoms with E-state index in [4.69, 9.17) is 14.2 Å². The van der Waals surface area contributed by atoms with E-state index in [0.29, 0.717) is 19.4 Å². The van der Waals surface area contributed by atoms with Gasteiger partial charge in [0.25, 0.3) is 0 Å².